The van der Waals surface area contributed by atoms with Gasteiger partial charge in [0.1, 0.15) is 5.82 Å². The Morgan fingerprint density at radius 3 is 2.41 bits per heavy atom. The lowest BCUT2D eigenvalue weighted by molar-refractivity contribution is -0.137. The Labute approximate surface area is 204 Å². The summed E-state index contributed by atoms with van der Waals surface area (Å²) < 4.78 is 1.79. The van der Waals surface area contributed by atoms with Gasteiger partial charge in [-0.2, -0.15) is 5.10 Å². The van der Waals surface area contributed by atoms with Gasteiger partial charge in [0.25, 0.3) is 0 Å². The number of aromatic nitrogens is 2. The van der Waals surface area contributed by atoms with Gasteiger partial charge < -0.3 is 20.9 Å². The van der Waals surface area contributed by atoms with E-state index in [1.165, 1.54) is 0 Å². The smallest absolute Gasteiger partial charge is 0.226 e. The molecule has 1 aromatic rings. The molecule has 0 spiro atoms. The van der Waals surface area contributed by atoms with E-state index < -0.39 is 0 Å². The van der Waals surface area contributed by atoms with Crippen LogP contribution in [0.4, 0.5) is 5.82 Å². The number of fused-ring (bicyclic) bond motifs is 1. The van der Waals surface area contributed by atoms with E-state index in [0.29, 0.717) is 19.0 Å². The molecule has 188 valence electrons. The largest absolute Gasteiger partial charge is 0.356 e. The number of anilines is 1. The van der Waals surface area contributed by atoms with Gasteiger partial charge in [-0.1, -0.05) is 18.7 Å². The number of carbonyl (C=O) groups is 2. The summed E-state index contributed by atoms with van der Waals surface area (Å²) in [4.78, 5) is 27.5. The molecule has 1 aliphatic carbocycles. The minimum atomic E-state index is 0.0624. The normalized spacial score (nSPS) is 23.4. The summed E-state index contributed by atoms with van der Waals surface area (Å²) in [5.41, 5.74) is 1.85. The summed E-state index contributed by atoms with van der Waals surface area (Å²) in [6, 6.07) is 0. The Morgan fingerprint density at radius 1 is 1.09 bits per heavy atom. The second kappa shape index (κ2) is 12.7. The number of allylic oxidation sites excluding steroid dienone is 2. The molecule has 34 heavy (non-hydrogen) atoms. The first-order chi connectivity index (χ1) is 16.4. The van der Waals surface area contributed by atoms with Crippen LogP contribution in [0.5, 0.6) is 0 Å². The lowest BCUT2D eigenvalue weighted by Gasteiger charge is -2.32. The molecule has 1 aromatic heterocycles. The fourth-order valence-corrected chi connectivity index (χ4v) is 4.96. The van der Waals surface area contributed by atoms with Crippen molar-refractivity contribution in [2.24, 2.45) is 24.8 Å². The minimum Gasteiger partial charge on any atom is -0.356 e. The van der Waals surface area contributed by atoms with Crippen molar-refractivity contribution in [2.45, 2.75) is 58.9 Å². The van der Waals surface area contributed by atoms with E-state index in [4.69, 9.17) is 0 Å². The predicted octanol–water partition coefficient (Wildman–Crippen LogP) is 3.19. The monoisotopic (exact) mass is 470 g/mol. The molecule has 0 bridgehead atoms. The topological polar surface area (TPSA) is 91.3 Å². The molecule has 2 fully saturated rings. The van der Waals surface area contributed by atoms with E-state index in [1.807, 2.05) is 44.1 Å². The lowest BCUT2D eigenvalue weighted by Crippen LogP contribution is -2.41. The molecule has 0 atom stereocenters. The Morgan fingerprint density at radius 2 is 1.76 bits per heavy atom. The molecule has 0 radical (unpaired) electrons. The first-order valence-electron chi connectivity index (χ1n) is 12.7. The third kappa shape index (κ3) is 6.95. The van der Waals surface area contributed by atoms with Crippen LogP contribution in [-0.4, -0.2) is 52.7 Å². The molecule has 3 heterocycles. The molecular formula is C26H42N6O2. The summed E-state index contributed by atoms with van der Waals surface area (Å²) in [6.45, 7) is 11.8. The number of aryl methyl sites for hydroxylation is 1. The summed E-state index contributed by atoms with van der Waals surface area (Å²) in [5.74, 6) is 2.04. The first kappa shape index (κ1) is 26.0. The number of hydrogen-bond acceptors (Lipinski definition) is 5. The van der Waals surface area contributed by atoms with Crippen molar-refractivity contribution >= 4 is 17.6 Å². The summed E-state index contributed by atoms with van der Waals surface area (Å²) in [5, 5.41) is 14.1. The van der Waals surface area contributed by atoms with Crippen molar-refractivity contribution in [1.29, 1.82) is 0 Å². The molecule has 4 rings (SSSR count). The second-order valence-electron chi connectivity index (χ2n) is 9.72. The number of amides is 2. The molecule has 2 amide bonds. The number of piperidine rings is 1. The third-order valence-electron chi connectivity index (χ3n) is 7.17. The van der Waals surface area contributed by atoms with Crippen LogP contribution < -0.4 is 16.0 Å². The molecular weight excluding hydrogens is 428 g/mol. The summed E-state index contributed by atoms with van der Waals surface area (Å²) >= 11 is 0. The van der Waals surface area contributed by atoms with E-state index >= 15 is 0 Å². The number of nitrogens with one attached hydrogen (secondary N) is 3. The van der Waals surface area contributed by atoms with Gasteiger partial charge in [-0.3, -0.25) is 14.3 Å². The highest BCUT2D eigenvalue weighted by atomic mass is 16.2. The van der Waals surface area contributed by atoms with Crippen LogP contribution >= 0.6 is 0 Å². The zero-order valence-corrected chi connectivity index (χ0v) is 21.1. The maximum Gasteiger partial charge on any atom is 0.226 e. The van der Waals surface area contributed by atoms with E-state index in [-0.39, 0.29) is 23.7 Å². The molecule has 1 saturated carbocycles. The summed E-state index contributed by atoms with van der Waals surface area (Å²) in [6.07, 6.45) is 11.5. The van der Waals surface area contributed by atoms with Gasteiger partial charge in [0.2, 0.25) is 11.8 Å². The van der Waals surface area contributed by atoms with Crippen molar-refractivity contribution in [1.82, 2.24) is 25.3 Å². The van der Waals surface area contributed by atoms with Crippen LogP contribution in [0.1, 0.15) is 57.9 Å². The molecule has 8 heteroatoms. The maximum atomic E-state index is 13.2. The Bertz CT molecular complexity index is 859. The number of rotatable bonds is 4. The van der Waals surface area contributed by atoms with Crippen LogP contribution in [0, 0.1) is 17.8 Å². The fraction of sp³-hybridized carbons (Fsp3) is 0.654. The van der Waals surface area contributed by atoms with Gasteiger partial charge in [-0.25, -0.2) is 0 Å². The van der Waals surface area contributed by atoms with Crippen LogP contribution in [0.2, 0.25) is 0 Å². The average molecular weight is 471 g/mol. The van der Waals surface area contributed by atoms with Gasteiger partial charge in [0.15, 0.2) is 0 Å². The Hall–Kier alpha value is -2.61. The van der Waals surface area contributed by atoms with E-state index in [1.54, 1.807) is 4.68 Å². The SMILES string of the molecule is C/C=C\C.C=C1CN(C(=O)C2CCC(CNC(=O)C3CCNCC3)CC2)Cc2cnn(C)c2N1. The van der Waals surface area contributed by atoms with Gasteiger partial charge in [-0.05, 0) is 71.4 Å². The van der Waals surface area contributed by atoms with Crippen LogP contribution in [0.25, 0.3) is 0 Å². The van der Waals surface area contributed by atoms with Crippen molar-refractivity contribution in [3.05, 3.63) is 36.2 Å². The number of carbonyl (C=O) groups excluding carboxylic acids is 2. The number of nitrogens with zero attached hydrogens (tertiary/aromatic N) is 3. The zero-order chi connectivity index (χ0) is 24.5. The van der Waals surface area contributed by atoms with E-state index in [0.717, 1.165) is 75.2 Å². The molecule has 0 unspecified atom stereocenters. The fourth-order valence-electron chi connectivity index (χ4n) is 4.96. The molecule has 3 N–H and O–H groups in total. The van der Waals surface area contributed by atoms with Gasteiger partial charge >= 0.3 is 0 Å². The van der Waals surface area contributed by atoms with Crippen molar-refractivity contribution in [3.8, 4) is 0 Å². The molecule has 2 aliphatic heterocycles. The van der Waals surface area contributed by atoms with Crippen LogP contribution in [0.3, 0.4) is 0 Å². The predicted molar refractivity (Wildman–Crippen MR) is 136 cm³/mol. The van der Waals surface area contributed by atoms with Crippen molar-refractivity contribution in [3.63, 3.8) is 0 Å². The second-order valence-corrected chi connectivity index (χ2v) is 9.72. The highest BCUT2D eigenvalue weighted by Crippen LogP contribution is 2.32. The van der Waals surface area contributed by atoms with Crippen molar-refractivity contribution < 1.29 is 9.59 Å². The highest BCUT2D eigenvalue weighted by Gasteiger charge is 2.32. The van der Waals surface area contributed by atoms with Crippen LogP contribution in [-0.2, 0) is 23.2 Å². The molecule has 1 saturated heterocycles. The highest BCUT2D eigenvalue weighted by molar-refractivity contribution is 5.80. The molecule has 3 aliphatic rings. The van der Waals surface area contributed by atoms with E-state index in [9.17, 15) is 9.59 Å². The maximum absolute atomic E-state index is 13.2. The van der Waals surface area contributed by atoms with E-state index in [2.05, 4.69) is 27.6 Å². The Kier molecular flexibility index (Phi) is 9.74. The van der Waals surface area contributed by atoms with Crippen molar-refractivity contribution in [2.75, 3.05) is 31.5 Å². The standard InChI is InChI=1S/C22H34N6O2.C4H8/c1-15-13-28(14-19-12-25-27(2)20(19)26-15)22(30)18-5-3-16(4-6-18)11-24-21(29)17-7-9-23-10-8-17;1-3-4-2/h12,16-18,23,26H,1,3-11,13-14H2,2H3,(H,24,29);3-4H,1-2H3/b;4-3-. The zero-order valence-electron chi connectivity index (χ0n) is 21.1. The van der Waals surface area contributed by atoms with Gasteiger partial charge in [0, 0.05) is 36.7 Å². The summed E-state index contributed by atoms with van der Waals surface area (Å²) in [7, 11) is 1.89. The lowest BCUT2D eigenvalue weighted by atomic mass is 9.81. The Balaban J connectivity index is 0.000000751. The van der Waals surface area contributed by atoms with Gasteiger partial charge in [0.05, 0.1) is 19.3 Å². The van der Waals surface area contributed by atoms with Gasteiger partial charge in [-0.15, -0.1) is 0 Å². The quantitative estimate of drug-likeness (QED) is 0.588. The number of hydrogen-bond donors (Lipinski definition) is 3. The molecule has 0 aromatic carbocycles. The first-order valence-corrected chi connectivity index (χ1v) is 12.7. The third-order valence-corrected chi connectivity index (χ3v) is 7.17. The average Bonchev–Trinajstić information content (AvgIpc) is 3.10. The molecule has 8 nitrogen and oxygen atoms in total. The van der Waals surface area contributed by atoms with Crippen LogP contribution in [0.15, 0.2) is 30.6 Å². The minimum absolute atomic E-state index is 0.0624.